The Hall–Kier alpha value is -1.66. The van der Waals surface area contributed by atoms with E-state index in [0.29, 0.717) is 24.8 Å². The van der Waals surface area contributed by atoms with Gasteiger partial charge in [0.25, 0.3) is 0 Å². The van der Waals surface area contributed by atoms with E-state index in [1.807, 2.05) is 6.92 Å². The molecule has 2 aliphatic carbocycles. The van der Waals surface area contributed by atoms with Gasteiger partial charge in [-0.3, -0.25) is 0 Å². The highest BCUT2D eigenvalue weighted by Gasteiger charge is 2.64. The summed E-state index contributed by atoms with van der Waals surface area (Å²) < 4.78 is 10.8. The van der Waals surface area contributed by atoms with Gasteiger partial charge in [0.05, 0.1) is 6.10 Å². The monoisotopic (exact) mass is 350 g/mol. The lowest BCUT2D eigenvalue weighted by atomic mass is 9.51. The van der Waals surface area contributed by atoms with Crippen molar-refractivity contribution in [2.24, 2.45) is 17.3 Å². The van der Waals surface area contributed by atoms with E-state index in [-0.39, 0.29) is 24.5 Å². The second-order valence-corrected chi connectivity index (χ2v) is 8.04. The van der Waals surface area contributed by atoms with E-state index >= 15 is 0 Å². The lowest BCUT2D eigenvalue weighted by Crippen LogP contribution is -2.65. The fourth-order valence-corrected chi connectivity index (χ4v) is 4.91. The number of hydrogen-bond acceptors (Lipinski definition) is 6. The fourth-order valence-electron chi connectivity index (χ4n) is 4.91. The molecule has 1 heterocycles. The molecular weight excluding hydrogens is 324 g/mol. The van der Waals surface area contributed by atoms with Crippen LogP contribution in [0.5, 0.6) is 0 Å². The van der Waals surface area contributed by atoms with Crippen molar-refractivity contribution < 1.29 is 29.3 Å². The van der Waals surface area contributed by atoms with Gasteiger partial charge in [-0.1, -0.05) is 20.1 Å². The summed E-state index contributed by atoms with van der Waals surface area (Å²) in [4.78, 5) is 23.8. The molecule has 6 nitrogen and oxygen atoms in total. The van der Waals surface area contributed by atoms with Crippen molar-refractivity contribution in [3.63, 3.8) is 0 Å². The molecule has 0 aromatic rings. The third-order valence-corrected chi connectivity index (χ3v) is 6.38. The zero-order valence-electron chi connectivity index (χ0n) is 14.8. The van der Waals surface area contributed by atoms with Crippen molar-refractivity contribution >= 4 is 11.9 Å². The first-order chi connectivity index (χ1) is 11.6. The van der Waals surface area contributed by atoms with Crippen LogP contribution in [0, 0.1) is 17.3 Å². The van der Waals surface area contributed by atoms with Gasteiger partial charge < -0.3 is 19.7 Å². The van der Waals surface area contributed by atoms with Crippen molar-refractivity contribution in [2.75, 3.05) is 6.61 Å². The molecule has 1 aliphatic heterocycles. The topological polar surface area (TPSA) is 93.1 Å². The summed E-state index contributed by atoms with van der Waals surface area (Å²) >= 11 is 0. The average Bonchev–Trinajstić information content (AvgIpc) is 2.83. The molecule has 3 aliphatic rings. The summed E-state index contributed by atoms with van der Waals surface area (Å²) in [5, 5.41) is 22.0. The molecule has 0 bridgehead atoms. The molecule has 0 aromatic carbocycles. The Balaban J connectivity index is 1.93. The van der Waals surface area contributed by atoms with Crippen molar-refractivity contribution in [3.8, 4) is 0 Å². The minimum absolute atomic E-state index is 0.167. The number of fused-ring (bicyclic) bond motifs is 3. The van der Waals surface area contributed by atoms with Crippen molar-refractivity contribution in [2.45, 2.75) is 57.3 Å². The summed E-state index contributed by atoms with van der Waals surface area (Å²) in [6.07, 6.45) is 0.837. The summed E-state index contributed by atoms with van der Waals surface area (Å²) in [6.45, 7) is 10.6. The van der Waals surface area contributed by atoms with E-state index in [9.17, 15) is 19.8 Å². The molecule has 3 fully saturated rings. The normalized spacial score (nSPS) is 43.0. The maximum Gasteiger partial charge on any atom is 0.334 e. The Bertz CT molecular complexity index is 640. The summed E-state index contributed by atoms with van der Waals surface area (Å²) in [5.41, 5.74) is -1.31. The van der Waals surface area contributed by atoms with Crippen molar-refractivity contribution in [1.82, 2.24) is 0 Å². The highest BCUT2D eigenvalue weighted by Crippen LogP contribution is 2.58. The standard InChI is InChI=1S/C19H26O6/c1-10(2)16(21)24-9-19(23)8-6-13(20)18(4)7-5-12-11(3)17(22)25-14(12)15(18)19/h12-15,20,23H,1,3,5-9H2,2,4H3/t12-,13+,14-,15-,18-,19-/m0/s1. The molecule has 6 atom stereocenters. The quantitative estimate of drug-likeness (QED) is 0.592. The molecule has 0 spiro atoms. The van der Waals surface area contributed by atoms with Gasteiger partial charge >= 0.3 is 11.9 Å². The lowest BCUT2D eigenvalue weighted by molar-refractivity contribution is -0.231. The van der Waals surface area contributed by atoms with Gasteiger partial charge in [-0.2, -0.15) is 0 Å². The number of carbonyl (C=O) groups excluding carboxylic acids is 2. The highest BCUT2D eigenvalue weighted by molar-refractivity contribution is 5.91. The first-order valence-corrected chi connectivity index (χ1v) is 8.73. The molecule has 25 heavy (non-hydrogen) atoms. The summed E-state index contributed by atoms with van der Waals surface area (Å²) in [5.74, 6) is -1.70. The Morgan fingerprint density at radius 1 is 1.40 bits per heavy atom. The van der Waals surface area contributed by atoms with Crippen molar-refractivity contribution in [3.05, 3.63) is 24.3 Å². The van der Waals surface area contributed by atoms with Crippen LogP contribution in [-0.2, 0) is 19.1 Å². The van der Waals surface area contributed by atoms with Gasteiger partial charge in [0.1, 0.15) is 18.3 Å². The van der Waals surface area contributed by atoms with E-state index in [1.54, 1.807) is 6.92 Å². The van der Waals surface area contributed by atoms with E-state index in [2.05, 4.69) is 13.2 Å². The summed E-state index contributed by atoms with van der Waals surface area (Å²) in [6, 6.07) is 0. The van der Waals surface area contributed by atoms with Gasteiger partial charge in [0.2, 0.25) is 0 Å². The first-order valence-electron chi connectivity index (χ1n) is 8.73. The number of esters is 2. The number of aliphatic hydroxyl groups is 2. The number of rotatable bonds is 3. The number of carbonyl (C=O) groups is 2. The van der Waals surface area contributed by atoms with E-state index in [0.717, 1.165) is 0 Å². The van der Waals surface area contributed by atoms with Crippen LogP contribution in [-0.4, -0.2) is 46.6 Å². The Labute approximate surface area is 147 Å². The minimum atomic E-state index is -1.37. The third-order valence-electron chi connectivity index (χ3n) is 6.38. The molecule has 138 valence electrons. The molecule has 0 unspecified atom stereocenters. The minimum Gasteiger partial charge on any atom is -0.459 e. The lowest BCUT2D eigenvalue weighted by Gasteiger charge is -2.57. The van der Waals surface area contributed by atoms with Crippen LogP contribution < -0.4 is 0 Å². The van der Waals surface area contributed by atoms with E-state index in [1.165, 1.54) is 0 Å². The van der Waals surface area contributed by atoms with Crippen LogP contribution in [0.3, 0.4) is 0 Å². The molecule has 6 heteroatoms. The average molecular weight is 350 g/mol. The zero-order valence-corrected chi connectivity index (χ0v) is 14.8. The molecule has 1 saturated heterocycles. The number of aliphatic hydroxyl groups excluding tert-OH is 1. The molecule has 2 N–H and O–H groups in total. The van der Waals surface area contributed by atoms with Crippen LogP contribution in [0.25, 0.3) is 0 Å². The Morgan fingerprint density at radius 3 is 2.72 bits per heavy atom. The second-order valence-electron chi connectivity index (χ2n) is 8.04. The number of hydrogen-bond donors (Lipinski definition) is 2. The molecule has 0 amide bonds. The largest absolute Gasteiger partial charge is 0.459 e. The van der Waals surface area contributed by atoms with Crippen molar-refractivity contribution in [1.29, 1.82) is 0 Å². The summed E-state index contributed by atoms with van der Waals surface area (Å²) in [7, 11) is 0. The molecule has 3 rings (SSSR count). The molecule has 2 saturated carbocycles. The van der Waals surface area contributed by atoms with E-state index < -0.39 is 41.1 Å². The van der Waals surface area contributed by atoms with Gasteiger partial charge in [-0.15, -0.1) is 0 Å². The van der Waals surface area contributed by atoms with Gasteiger partial charge in [-0.05, 0) is 32.6 Å². The SMILES string of the molecule is C=C(C)C(=O)OC[C@@]1(O)CC[C@@H](O)[C@]2(C)CC[C@H]3C(=C)C(=O)O[C@@H]3[C@H]12. The van der Waals surface area contributed by atoms with Crippen LogP contribution in [0.2, 0.25) is 0 Å². The van der Waals surface area contributed by atoms with Gasteiger partial charge in [0, 0.05) is 28.4 Å². The fraction of sp³-hybridized carbons (Fsp3) is 0.684. The Kier molecular flexibility index (Phi) is 4.32. The second kappa shape index (κ2) is 5.95. The number of ether oxygens (including phenoxy) is 2. The van der Waals surface area contributed by atoms with Gasteiger partial charge in [0.15, 0.2) is 0 Å². The first kappa shape index (κ1) is 18.1. The third kappa shape index (κ3) is 2.72. The molecule has 0 radical (unpaired) electrons. The van der Waals surface area contributed by atoms with Gasteiger partial charge in [-0.25, -0.2) is 9.59 Å². The van der Waals surface area contributed by atoms with Crippen LogP contribution in [0.1, 0.15) is 39.5 Å². The van der Waals surface area contributed by atoms with E-state index in [4.69, 9.17) is 9.47 Å². The van der Waals surface area contributed by atoms with Crippen LogP contribution >= 0.6 is 0 Å². The maximum absolute atomic E-state index is 12.0. The van der Waals surface area contributed by atoms with Crippen LogP contribution in [0.15, 0.2) is 24.3 Å². The Morgan fingerprint density at radius 2 is 2.08 bits per heavy atom. The van der Waals surface area contributed by atoms with Crippen LogP contribution in [0.4, 0.5) is 0 Å². The molecular formula is C19H26O6. The molecule has 0 aromatic heterocycles. The zero-order chi connectivity index (χ0) is 18.6. The predicted octanol–water partition coefficient (Wildman–Crippen LogP) is 1.51. The maximum atomic E-state index is 12.0. The highest BCUT2D eigenvalue weighted by atomic mass is 16.6. The predicted molar refractivity (Wildman–Crippen MR) is 89.3 cm³/mol. The smallest absolute Gasteiger partial charge is 0.334 e.